The van der Waals surface area contributed by atoms with Gasteiger partial charge in [0.15, 0.2) is 0 Å². The molecule has 0 saturated heterocycles. The van der Waals surface area contributed by atoms with Crippen molar-refractivity contribution in [3.05, 3.63) is 31.8 Å². The molecule has 0 N–H and O–H groups in total. The molecule has 0 aliphatic rings. The molecule has 6 heteroatoms. The second-order valence-electron chi connectivity index (χ2n) is 3.59. The first-order valence-electron chi connectivity index (χ1n) is 5.31. The van der Waals surface area contributed by atoms with Crippen LogP contribution in [0.3, 0.4) is 0 Å². The number of carbonyl (C=O) groups is 2. The fraction of sp³-hybridized carbons (Fsp3) is 0.333. The molecule has 0 atom stereocenters. The Labute approximate surface area is 128 Å². The predicted molar refractivity (Wildman–Crippen MR) is 80.5 cm³/mol. The molecule has 1 aromatic carbocycles. The molecule has 1 rings (SSSR count). The largest absolute Gasteiger partial charge is 0.465 e. The highest BCUT2D eigenvalue weighted by atomic mass is 127. The molecular formula is C12H13BrINO3. The maximum Gasteiger partial charge on any atom is 0.325 e. The lowest BCUT2D eigenvalue weighted by Gasteiger charge is -2.17. The van der Waals surface area contributed by atoms with E-state index in [1.807, 2.05) is 12.1 Å². The van der Waals surface area contributed by atoms with E-state index in [0.717, 1.165) is 3.57 Å². The molecule has 0 fully saturated rings. The second-order valence-corrected chi connectivity index (χ2v) is 5.69. The minimum absolute atomic E-state index is 0.0510. The van der Waals surface area contributed by atoms with Crippen molar-refractivity contribution in [3.63, 3.8) is 0 Å². The zero-order valence-corrected chi connectivity index (χ0v) is 13.8. The van der Waals surface area contributed by atoms with Gasteiger partial charge in [-0.15, -0.1) is 0 Å². The first-order valence-corrected chi connectivity index (χ1v) is 7.19. The molecule has 0 unspecified atom stereocenters. The number of esters is 1. The smallest absolute Gasteiger partial charge is 0.325 e. The van der Waals surface area contributed by atoms with E-state index in [-0.39, 0.29) is 12.5 Å². The third-order valence-corrected chi connectivity index (χ3v) is 3.54. The molecule has 0 saturated carbocycles. The van der Waals surface area contributed by atoms with E-state index in [4.69, 9.17) is 4.74 Å². The summed E-state index contributed by atoms with van der Waals surface area (Å²) in [5, 5.41) is 0. The molecule has 0 spiro atoms. The third-order valence-electron chi connectivity index (χ3n) is 2.18. The molecule has 0 aromatic heterocycles. The highest BCUT2D eigenvalue weighted by Gasteiger charge is 2.18. The van der Waals surface area contributed by atoms with Crippen molar-refractivity contribution in [2.45, 2.75) is 6.92 Å². The zero-order valence-electron chi connectivity index (χ0n) is 10.1. The van der Waals surface area contributed by atoms with Crippen LogP contribution in [-0.2, 0) is 9.53 Å². The van der Waals surface area contributed by atoms with Crippen LogP contribution in [0.4, 0.5) is 0 Å². The van der Waals surface area contributed by atoms with E-state index < -0.39 is 5.97 Å². The molecule has 0 aliphatic carbocycles. The Bertz CT molecular complexity index is 465. The molecule has 0 heterocycles. The van der Waals surface area contributed by atoms with Crippen molar-refractivity contribution in [2.75, 3.05) is 20.2 Å². The number of halogens is 2. The van der Waals surface area contributed by atoms with Crippen molar-refractivity contribution < 1.29 is 14.3 Å². The van der Waals surface area contributed by atoms with Gasteiger partial charge in [0.25, 0.3) is 5.91 Å². The Kier molecular flexibility index (Phi) is 6.07. The van der Waals surface area contributed by atoms with Gasteiger partial charge in [0, 0.05) is 15.1 Å². The van der Waals surface area contributed by atoms with Gasteiger partial charge in [0.1, 0.15) is 6.54 Å². The van der Waals surface area contributed by atoms with Crippen LogP contribution >= 0.6 is 38.5 Å². The van der Waals surface area contributed by atoms with Crippen LogP contribution in [0, 0.1) is 3.57 Å². The number of ether oxygens (including phenoxy) is 1. The van der Waals surface area contributed by atoms with Gasteiger partial charge >= 0.3 is 5.97 Å². The third kappa shape index (κ3) is 4.24. The number of amides is 1. The predicted octanol–water partition coefficient (Wildman–Crippen LogP) is 2.69. The maximum atomic E-state index is 12.1. The number of rotatable bonds is 4. The second kappa shape index (κ2) is 7.08. The number of likely N-dealkylation sites (N-methyl/N-ethyl adjacent to an activating group) is 1. The Morgan fingerprint density at radius 2 is 2.11 bits per heavy atom. The van der Waals surface area contributed by atoms with Crippen molar-refractivity contribution in [1.29, 1.82) is 0 Å². The van der Waals surface area contributed by atoms with Crippen LogP contribution in [0.5, 0.6) is 0 Å². The van der Waals surface area contributed by atoms with E-state index in [9.17, 15) is 9.59 Å². The summed E-state index contributed by atoms with van der Waals surface area (Å²) >= 11 is 5.46. The fourth-order valence-corrected chi connectivity index (χ4v) is 2.25. The Morgan fingerprint density at radius 1 is 1.44 bits per heavy atom. The quantitative estimate of drug-likeness (QED) is 0.550. The maximum absolute atomic E-state index is 12.1. The summed E-state index contributed by atoms with van der Waals surface area (Å²) in [6, 6.07) is 5.48. The summed E-state index contributed by atoms with van der Waals surface area (Å²) < 4.78 is 6.48. The average molecular weight is 426 g/mol. The summed E-state index contributed by atoms with van der Waals surface area (Å²) in [7, 11) is 1.57. The summed E-state index contributed by atoms with van der Waals surface area (Å²) in [5.74, 6) is -0.622. The van der Waals surface area contributed by atoms with Crippen LogP contribution in [0.2, 0.25) is 0 Å². The Balaban J connectivity index is 2.80. The molecule has 98 valence electrons. The molecule has 0 aliphatic heterocycles. The van der Waals surface area contributed by atoms with Crippen molar-refractivity contribution >= 4 is 50.4 Å². The molecule has 1 aromatic rings. The van der Waals surface area contributed by atoms with Crippen LogP contribution < -0.4 is 0 Å². The van der Waals surface area contributed by atoms with Gasteiger partial charge in [-0.2, -0.15) is 0 Å². The van der Waals surface area contributed by atoms with E-state index in [0.29, 0.717) is 16.6 Å². The molecule has 1 amide bonds. The molecule has 0 radical (unpaired) electrons. The minimum Gasteiger partial charge on any atom is -0.465 e. The highest BCUT2D eigenvalue weighted by molar-refractivity contribution is 14.1. The Morgan fingerprint density at radius 3 is 2.72 bits per heavy atom. The van der Waals surface area contributed by atoms with E-state index >= 15 is 0 Å². The van der Waals surface area contributed by atoms with Gasteiger partial charge in [-0.05, 0) is 63.6 Å². The van der Waals surface area contributed by atoms with Crippen LogP contribution in [0.25, 0.3) is 0 Å². The lowest BCUT2D eigenvalue weighted by atomic mass is 10.2. The topological polar surface area (TPSA) is 46.6 Å². The lowest BCUT2D eigenvalue weighted by Crippen LogP contribution is -2.33. The fourth-order valence-electron chi connectivity index (χ4n) is 1.34. The van der Waals surface area contributed by atoms with Gasteiger partial charge in [0.2, 0.25) is 0 Å². The monoisotopic (exact) mass is 425 g/mol. The van der Waals surface area contributed by atoms with Gasteiger partial charge < -0.3 is 9.64 Å². The minimum atomic E-state index is -0.407. The Hall–Kier alpha value is -0.630. The standard InChI is InChI=1S/C12H13BrINO3/c1-3-18-11(16)7-15(2)12(17)9-6-8(14)4-5-10(9)13/h4-6H,3,7H2,1-2H3. The summed E-state index contributed by atoms with van der Waals surface area (Å²) in [4.78, 5) is 24.8. The number of hydrogen-bond donors (Lipinski definition) is 0. The first-order chi connectivity index (χ1) is 8.45. The van der Waals surface area contributed by atoms with E-state index in [1.165, 1.54) is 4.90 Å². The number of benzene rings is 1. The van der Waals surface area contributed by atoms with E-state index in [2.05, 4.69) is 38.5 Å². The van der Waals surface area contributed by atoms with E-state index in [1.54, 1.807) is 20.0 Å². The van der Waals surface area contributed by atoms with Gasteiger partial charge in [-0.3, -0.25) is 9.59 Å². The summed E-state index contributed by atoms with van der Waals surface area (Å²) in [6.45, 7) is 1.99. The highest BCUT2D eigenvalue weighted by Crippen LogP contribution is 2.20. The van der Waals surface area contributed by atoms with Crippen LogP contribution in [0.15, 0.2) is 22.7 Å². The zero-order chi connectivity index (χ0) is 13.7. The first kappa shape index (κ1) is 15.4. The average Bonchev–Trinajstić information content (AvgIpc) is 2.31. The van der Waals surface area contributed by atoms with Crippen LogP contribution in [0.1, 0.15) is 17.3 Å². The number of nitrogens with zero attached hydrogens (tertiary/aromatic N) is 1. The van der Waals surface area contributed by atoms with Gasteiger partial charge in [-0.25, -0.2) is 0 Å². The SMILES string of the molecule is CCOC(=O)CN(C)C(=O)c1cc(I)ccc1Br. The lowest BCUT2D eigenvalue weighted by molar-refractivity contribution is -0.143. The normalized spacial score (nSPS) is 10.0. The van der Waals surface area contributed by atoms with Crippen molar-refractivity contribution in [3.8, 4) is 0 Å². The molecule has 4 nitrogen and oxygen atoms in total. The van der Waals surface area contributed by atoms with Crippen molar-refractivity contribution in [1.82, 2.24) is 4.90 Å². The van der Waals surface area contributed by atoms with Gasteiger partial charge in [0.05, 0.1) is 12.2 Å². The van der Waals surface area contributed by atoms with Crippen LogP contribution in [-0.4, -0.2) is 37.0 Å². The molecule has 18 heavy (non-hydrogen) atoms. The number of carbonyl (C=O) groups excluding carboxylic acids is 2. The summed E-state index contributed by atoms with van der Waals surface area (Å²) in [5.41, 5.74) is 0.536. The van der Waals surface area contributed by atoms with Crippen molar-refractivity contribution in [2.24, 2.45) is 0 Å². The molecular weight excluding hydrogens is 413 g/mol. The number of hydrogen-bond acceptors (Lipinski definition) is 3. The summed E-state index contributed by atoms with van der Waals surface area (Å²) in [6.07, 6.45) is 0. The molecule has 0 bridgehead atoms. The van der Waals surface area contributed by atoms with Gasteiger partial charge in [-0.1, -0.05) is 0 Å².